The van der Waals surface area contributed by atoms with E-state index in [4.69, 9.17) is 0 Å². The van der Waals surface area contributed by atoms with Crippen molar-refractivity contribution in [2.24, 2.45) is 5.92 Å². The first-order chi connectivity index (χ1) is 14.5. The van der Waals surface area contributed by atoms with E-state index in [0.29, 0.717) is 12.2 Å². The third-order valence-corrected chi connectivity index (χ3v) is 6.55. The highest BCUT2D eigenvalue weighted by Crippen LogP contribution is 2.31. The number of amides is 3. The molecular formula is C24H25BrN2O3. The summed E-state index contributed by atoms with van der Waals surface area (Å²) in [5, 5.41) is 0. The molecule has 1 atom stereocenters. The normalized spacial score (nSPS) is 19.9. The monoisotopic (exact) mass is 468 g/mol. The molecule has 2 aromatic rings. The van der Waals surface area contributed by atoms with E-state index in [1.807, 2.05) is 30.3 Å². The molecule has 2 fully saturated rings. The van der Waals surface area contributed by atoms with E-state index < -0.39 is 6.04 Å². The molecule has 5 nitrogen and oxygen atoms in total. The Balaban J connectivity index is 1.62. The van der Waals surface area contributed by atoms with E-state index in [1.54, 1.807) is 29.2 Å². The number of anilines is 1. The maximum absolute atomic E-state index is 13.5. The van der Waals surface area contributed by atoms with Gasteiger partial charge in [-0.05, 0) is 42.7 Å². The smallest absolute Gasteiger partial charge is 0.257 e. The van der Waals surface area contributed by atoms with Crippen LogP contribution >= 0.6 is 15.9 Å². The van der Waals surface area contributed by atoms with E-state index in [9.17, 15) is 14.4 Å². The highest BCUT2D eigenvalue weighted by atomic mass is 79.9. The van der Waals surface area contributed by atoms with Crippen molar-refractivity contribution in [1.82, 2.24) is 4.90 Å². The fourth-order valence-electron chi connectivity index (χ4n) is 4.43. The van der Waals surface area contributed by atoms with E-state index in [-0.39, 0.29) is 30.1 Å². The lowest BCUT2D eigenvalue weighted by molar-refractivity contribution is -0.143. The summed E-state index contributed by atoms with van der Waals surface area (Å²) in [6.45, 7) is 0.341. The molecule has 0 radical (unpaired) electrons. The van der Waals surface area contributed by atoms with Gasteiger partial charge in [-0.3, -0.25) is 14.4 Å². The van der Waals surface area contributed by atoms with Crippen LogP contribution in [0, 0.1) is 5.92 Å². The largest absolute Gasteiger partial charge is 0.326 e. The Kier molecular flexibility index (Phi) is 6.32. The third-order valence-electron chi connectivity index (χ3n) is 6.02. The van der Waals surface area contributed by atoms with Crippen molar-refractivity contribution in [2.45, 2.75) is 51.1 Å². The van der Waals surface area contributed by atoms with Gasteiger partial charge >= 0.3 is 0 Å². The summed E-state index contributed by atoms with van der Waals surface area (Å²) in [5.74, 6) is -0.640. The first kappa shape index (κ1) is 20.8. The van der Waals surface area contributed by atoms with Gasteiger partial charge in [-0.2, -0.15) is 0 Å². The Hall–Kier alpha value is -2.47. The van der Waals surface area contributed by atoms with Crippen molar-refractivity contribution in [1.29, 1.82) is 0 Å². The number of hydrogen-bond donors (Lipinski definition) is 0. The number of rotatable bonds is 5. The van der Waals surface area contributed by atoms with Gasteiger partial charge in [0.15, 0.2) is 0 Å². The van der Waals surface area contributed by atoms with Gasteiger partial charge in [-0.25, -0.2) is 4.90 Å². The van der Waals surface area contributed by atoms with E-state index in [1.165, 1.54) is 4.90 Å². The molecule has 1 heterocycles. The first-order valence-electron chi connectivity index (χ1n) is 10.5. The number of imide groups is 1. The highest BCUT2D eigenvalue weighted by molar-refractivity contribution is 9.10. The summed E-state index contributed by atoms with van der Waals surface area (Å²) in [6, 6.07) is 16.0. The van der Waals surface area contributed by atoms with Gasteiger partial charge in [-0.1, -0.05) is 65.5 Å². The number of benzene rings is 2. The lowest BCUT2D eigenvalue weighted by atomic mass is 9.87. The predicted molar refractivity (Wildman–Crippen MR) is 119 cm³/mol. The zero-order valence-electron chi connectivity index (χ0n) is 16.8. The van der Waals surface area contributed by atoms with Crippen molar-refractivity contribution in [3.8, 4) is 0 Å². The molecule has 3 amide bonds. The molecule has 2 aliphatic rings. The molecule has 1 saturated carbocycles. The maximum atomic E-state index is 13.5. The lowest BCUT2D eigenvalue weighted by Crippen LogP contribution is -2.47. The topological polar surface area (TPSA) is 57.7 Å². The quantitative estimate of drug-likeness (QED) is 0.597. The average Bonchev–Trinajstić information content (AvgIpc) is 3.07. The number of hydrogen-bond acceptors (Lipinski definition) is 3. The van der Waals surface area contributed by atoms with Crippen molar-refractivity contribution >= 4 is 39.3 Å². The molecule has 0 bridgehead atoms. The lowest BCUT2D eigenvalue weighted by Gasteiger charge is -2.32. The van der Waals surface area contributed by atoms with Gasteiger partial charge in [0, 0.05) is 16.9 Å². The predicted octanol–water partition coefficient (Wildman–Crippen LogP) is 4.69. The highest BCUT2D eigenvalue weighted by Gasteiger charge is 2.45. The molecule has 1 saturated heterocycles. The molecule has 0 N–H and O–H groups in total. The van der Waals surface area contributed by atoms with Crippen LogP contribution in [-0.4, -0.2) is 28.7 Å². The number of carbonyl (C=O) groups excluding carboxylic acids is 3. The van der Waals surface area contributed by atoms with Crippen molar-refractivity contribution in [2.75, 3.05) is 4.90 Å². The van der Waals surface area contributed by atoms with Gasteiger partial charge in [0.1, 0.15) is 6.04 Å². The average molecular weight is 469 g/mol. The van der Waals surface area contributed by atoms with Crippen LogP contribution in [0.2, 0.25) is 0 Å². The molecule has 2 aromatic carbocycles. The minimum atomic E-state index is -0.754. The zero-order valence-corrected chi connectivity index (χ0v) is 18.4. The molecule has 30 heavy (non-hydrogen) atoms. The van der Waals surface area contributed by atoms with Crippen molar-refractivity contribution in [3.05, 3.63) is 64.6 Å². The second-order valence-corrected chi connectivity index (χ2v) is 8.97. The van der Waals surface area contributed by atoms with Gasteiger partial charge in [0.25, 0.3) is 5.91 Å². The standard InChI is InChI=1S/C24H25BrN2O3/c25-19-11-13-20(14-12-19)27-22(28)15-21(24(27)30)26(16-17-7-3-1-4-8-17)23(29)18-9-5-2-6-10-18/h1,3-4,7-8,11-14,18,21H,2,5-6,9-10,15-16H2. The van der Waals surface area contributed by atoms with E-state index >= 15 is 0 Å². The summed E-state index contributed by atoms with van der Waals surface area (Å²) in [5.41, 5.74) is 1.50. The minimum Gasteiger partial charge on any atom is -0.326 e. The summed E-state index contributed by atoms with van der Waals surface area (Å²) in [6.07, 6.45) is 4.97. The van der Waals surface area contributed by atoms with Gasteiger partial charge < -0.3 is 4.90 Å². The number of halogens is 1. The van der Waals surface area contributed by atoms with Crippen LogP contribution in [-0.2, 0) is 20.9 Å². The fourth-order valence-corrected chi connectivity index (χ4v) is 4.69. The SMILES string of the molecule is O=C1CC(N(Cc2ccccc2)C(=O)C2CCCCC2)C(=O)N1c1ccc(Br)cc1. The molecule has 1 unspecified atom stereocenters. The van der Waals surface area contributed by atoms with E-state index in [0.717, 1.165) is 42.1 Å². The fraction of sp³-hybridized carbons (Fsp3) is 0.375. The first-order valence-corrected chi connectivity index (χ1v) is 11.3. The molecule has 6 heteroatoms. The Bertz CT molecular complexity index is 923. The molecule has 0 aromatic heterocycles. The number of carbonyl (C=O) groups is 3. The third kappa shape index (κ3) is 4.33. The minimum absolute atomic E-state index is 0.00218. The zero-order chi connectivity index (χ0) is 21.1. The van der Waals surface area contributed by atoms with Crippen molar-refractivity contribution < 1.29 is 14.4 Å². The summed E-state index contributed by atoms with van der Waals surface area (Å²) >= 11 is 3.38. The van der Waals surface area contributed by atoms with Gasteiger partial charge in [-0.15, -0.1) is 0 Å². The molecule has 0 spiro atoms. The van der Waals surface area contributed by atoms with Crippen LogP contribution in [0.1, 0.15) is 44.1 Å². The van der Waals surface area contributed by atoms with Crippen LogP contribution in [0.15, 0.2) is 59.1 Å². The number of nitrogens with zero attached hydrogens (tertiary/aromatic N) is 2. The molecule has 1 aliphatic heterocycles. The van der Waals surface area contributed by atoms with Gasteiger partial charge in [0.2, 0.25) is 11.8 Å². The van der Waals surface area contributed by atoms with Crippen molar-refractivity contribution in [3.63, 3.8) is 0 Å². The Morgan fingerprint density at radius 3 is 2.30 bits per heavy atom. The molecular weight excluding hydrogens is 444 g/mol. The summed E-state index contributed by atoms with van der Waals surface area (Å²) < 4.78 is 0.875. The Morgan fingerprint density at radius 2 is 1.63 bits per heavy atom. The molecule has 4 rings (SSSR count). The van der Waals surface area contributed by atoms with Crippen LogP contribution in [0.5, 0.6) is 0 Å². The van der Waals surface area contributed by atoms with E-state index in [2.05, 4.69) is 15.9 Å². The van der Waals surface area contributed by atoms with Crippen LogP contribution in [0.4, 0.5) is 5.69 Å². The van der Waals surface area contributed by atoms with Gasteiger partial charge in [0.05, 0.1) is 12.1 Å². The van der Waals surface area contributed by atoms with Crippen LogP contribution in [0.25, 0.3) is 0 Å². The van der Waals surface area contributed by atoms with Crippen LogP contribution < -0.4 is 4.90 Å². The van der Waals surface area contributed by atoms with Crippen LogP contribution in [0.3, 0.4) is 0 Å². The summed E-state index contributed by atoms with van der Waals surface area (Å²) in [4.78, 5) is 42.5. The summed E-state index contributed by atoms with van der Waals surface area (Å²) in [7, 11) is 0. The second kappa shape index (κ2) is 9.13. The Morgan fingerprint density at radius 1 is 0.967 bits per heavy atom. The molecule has 1 aliphatic carbocycles. The molecule has 156 valence electrons. The second-order valence-electron chi connectivity index (χ2n) is 8.05. The maximum Gasteiger partial charge on any atom is 0.257 e. The Labute approximate surface area is 185 Å².